The Morgan fingerprint density at radius 1 is 0.900 bits per heavy atom. The largest absolute Gasteiger partial charge is 0.377 e. The van der Waals surface area contributed by atoms with Crippen molar-refractivity contribution >= 4 is 11.5 Å². The maximum Gasteiger partial charge on any atom is 0.332 e. The summed E-state index contributed by atoms with van der Waals surface area (Å²) in [6, 6.07) is 19.6. The van der Waals surface area contributed by atoms with Gasteiger partial charge in [-0.15, -0.1) is 0 Å². The first-order valence-corrected chi connectivity index (χ1v) is 10.1. The molecule has 0 saturated carbocycles. The third kappa shape index (κ3) is 3.56. The Hall–Kier alpha value is -3.54. The van der Waals surface area contributed by atoms with Crippen LogP contribution in [0.4, 0.5) is 11.5 Å². The molecule has 2 aromatic carbocycles. The number of hydrogen-bond donors (Lipinski definition) is 1. The number of benzene rings is 2. The molecule has 2 atom stereocenters. The Morgan fingerprint density at radius 3 is 2.20 bits per heavy atom. The number of nitrogens with zero attached hydrogens (tertiary/aromatic N) is 3. The SMILES string of the molecule is C[C@H]1C=CN(Cc2ccccc2)c2c(c(=O)n(C)c(=O)n2C)[C@H]1Nc1ccccc1. The zero-order chi connectivity index (χ0) is 21.3. The van der Waals surface area contributed by atoms with E-state index in [4.69, 9.17) is 0 Å². The first-order valence-electron chi connectivity index (χ1n) is 10.1. The highest BCUT2D eigenvalue weighted by molar-refractivity contribution is 5.57. The van der Waals surface area contributed by atoms with E-state index < -0.39 is 0 Å². The maximum atomic E-state index is 13.3. The average molecular weight is 402 g/mol. The topological polar surface area (TPSA) is 59.3 Å². The van der Waals surface area contributed by atoms with E-state index in [2.05, 4.69) is 18.3 Å². The smallest absolute Gasteiger partial charge is 0.332 e. The molecule has 2 heterocycles. The second-order valence-corrected chi connectivity index (χ2v) is 7.75. The van der Waals surface area contributed by atoms with E-state index in [9.17, 15) is 9.59 Å². The molecule has 0 aliphatic carbocycles. The van der Waals surface area contributed by atoms with Gasteiger partial charge in [0.15, 0.2) is 0 Å². The fourth-order valence-electron chi connectivity index (χ4n) is 3.99. The summed E-state index contributed by atoms with van der Waals surface area (Å²) in [5.74, 6) is 0.663. The molecule has 154 valence electrons. The Morgan fingerprint density at radius 2 is 1.53 bits per heavy atom. The predicted molar refractivity (Wildman–Crippen MR) is 121 cm³/mol. The van der Waals surface area contributed by atoms with Crippen molar-refractivity contribution in [3.8, 4) is 0 Å². The van der Waals surface area contributed by atoms with Gasteiger partial charge in [-0.05, 0) is 17.7 Å². The summed E-state index contributed by atoms with van der Waals surface area (Å²) >= 11 is 0. The lowest BCUT2D eigenvalue weighted by Gasteiger charge is -2.28. The zero-order valence-electron chi connectivity index (χ0n) is 17.4. The molecule has 4 rings (SSSR count). The van der Waals surface area contributed by atoms with Crippen LogP contribution >= 0.6 is 0 Å². The van der Waals surface area contributed by atoms with Crippen molar-refractivity contribution in [3.63, 3.8) is 0 Å². The van der Waals surface area contributed by atoms with E-state index in [-0.39, 0.29) is 23.2 Å². The molecule has 0 fully saturated rings. The number of fused-ring (bicyclic) bond motifs is 1. The Labute approximate surface area is 175 Å². The van der Waals surface area contributed by atoms with Crippen molar-refractivity contribution in [3.05, 3.63) is 105 Å². The maximum absolute atomic E-state index is 13.3. The molecule has 3 aromatic rings. The lowest BCUT2D eigenvalue weighted by molar-refractivity contribution is 0.576. The summed E-state index contributed by atoms with van der Waals surface area (Å²) in [6.45, 7) is 2.65. The first-order chi connectivity index (χ1) is 14.5. The lowest BCUT2D eigenvalue weighted by Crippen LogP contribution is -2.43. The molecule has 0 bridgehead atoms. The van der Waals surface area contributed by atoms with Gasteiger partial charge in [-0.3, -0.25) is 13.9 Å². The van der Waals surface area contributed by atoms with E-state index in [1.807, 2.05) is 71.8 Å². The minimum Gasteiger partial charge on any atom is -0.377 e. The molecular weight excluding hydrogens is 376 g/mol. The van der Waals surface area contributed by atoms with Crippen molar-refractivity contribution in [1.82, 2.24) is 9.13 Å². The highest BCUT2D eigenvalue weighted by atomic mass is 16.2. The number of hydrogen-bond acceptors (Lipinski definition) is 4. The normalized spacial score (nSPS) is 18.0. The molecule has 1 aliphatic heterocycles. The Bertz CT molecular complexity index is 1180. The molecule has 0 radical (unpaired) electrons. The van der Waals surface area contributed by atoms with Crippen LogP contribution in [-0.2, 0) is 20.6 Å². The van der Waals surface area contributed by atoms with E-state index in [0.29, 0.717) is 17.9 Å². The minimum absolute atomic E-state index is 0.0370. The predicted octanol–water partition coefficient (Wildman–Crippen LogP) is 3.41. The van der Waals surface area contributed by atoms with Crippen molar-refractivity contribution in [2.75, 3.05) is 10.2 Å². The fourth-order valence-corrected chi connectivity index (χ4v) is 3.99. The van der Waals surface area contributed by atoms with Crippen molar-refractivity contribution in [1.29, 1.82) is 0 Å². The molecule has 1 N–H and O–H groups in total. The van der Waals surface area contributed by atoms with Crippen molar-refractivity contribution in [2.24, 2.45) is 20.0 Å². The van der Waals surface area contributed by atoms with E-state index in [1.54, 1.807) is 11.6 Å². The van der Waals surface area contributed by atoms with Crippen LogP contribution in [0.15, 0.2) is 82.5 Å². The average Bonchev–Trinajstić information content (AvgIpc) is 2.90. The molecular formula is C24H26N4O2. The Balaban J connectivity index is 1.90. The van der Waals surface area contributed by atoms with Gasteiger partial charge in [0, 0.05) is 38.4 Å². The highest BCUT2D eigenvalue weighted by Crippen LogP contribution is 2.35. The van der Waals surface area contributed by atoms with Crippen LogP contribution < -0.4 is 21.5 Å². The van der Waals surface area contributed by atoms with Gasteiger partial charge in [0.1, 0.15) is 5.82 Å². The lowest BCUT2D eigenvalue weighted by atomic mass is 9.95. The third-order valence-corrected chi connectivity index (χ3v) is 5.64. The standard InChI is InChI=1S/C24H26N4O2/c1-17-14-15-28(16-18-10-6-4-7-11-18)22-20(23(29)27(3)24(30)26(22)2)21(17)25-19-12-8-5-9-13-19/h4-15,17,21,25H,16H2,1-3H3/t17-,21-/m0/s1. The van der Waals surface area contributed by atoms with Gasteiger partial charge < -0.3 is 10.2 Å². The second-order valence-electron chi connectivity index (χ2n) is 7.75. The molecule has 0 spiro atoms. The van der Waals surface area contributed by atoms with Gasteiger partial charge >= 0.3 is 5.69 Å². The number of para-hydroxylation sites is 1. The molecule has 6 nitrogen and oxygen atoms in total. The molecule has 1 aliphatic rings. The minimum atomic E-state index is -0.335. The van der Waals surface area contributed by atoms with Gasteiger partial charge in [0.05, 0.1) is 11.6 Å². The summed E-state index contributed by atoms with van der Waals surface area (Å²) in [7, 11) is 3.26. The van der Waals surface area contributed by atoms with Gasteiger partial charge in [-0.2, -0.15) is 0 Å². The summed E-state index contributed by atoms with van der Waals surface area (Å²) in [5.41, 5.74) is 2.02. The van der Waals surface area contributed by atoms with Crippen LogP contribution in [0.5, 0.6) is 0 Å². The van der Waals surface area contributed by atoms with Crippen LogP contribution in [0.1, 0.15) is 24.1 Å². The molecule has 0 amide bonds. The summed E-state index contributed by atoms with van der Waals surface area (Å²) in [6.07, 6.45) is 4.08. The Kier molecular flexibility index (Phi) is 5.31. The van der Waals surface area contributed by atoms with E-state index in [1.165, 1.54) is 11.6 Å². The van der Waals surface area contributed by atoms with Gasteiger partial charge in [-0.25, -0.2) is 4.79 Å². The molecule has 0 saturated heterocycles. The van der Waals surface area contributed by atoms with Gasteiger partial charge in [-0.1, -0.05) is 61.5 Å². The number of nitrogens with one attached hydrogen (secondary N) is 1. The summed E-state index contributed by atoms with van der Waals surface area (Å²) in [4.78, 5) is 28.1. The number of anilines is 2. The van der Waals surface area contributed by atoms with Gasteiger partial charge in [0.25, 0.3) is 5.56 Å². The quantitative estimate of drug-likeness (QED) is 0.727. The zero-order valence-corrected chi connectivity index (χ0v) is 17.4. The molecule has 1 aromatic heterocycles. The van der Waals surface area contributed by atoms with Crippen molar-refractivity contribution in [2.45, 2.75) is 19.5 Å². The summed E-state index contributed by atoms with van der Waals surface area (Å²) < 4.78 is 2.76. The van der Waals surface area contributed by atoms with Crippen LogP contribution in [-0.4, -0.2) is 9.13 Å². The van der Waals surface area contributed by atoms with Crippen LogP contribution in [0.25, 0.3) is 0 Å². The van der Waals surface area contributed by atoms with E-state index >= 15 is 0 Å². The van der Waals surface area contributed by atoms with Crippen molar-refractivity contribution < 1.29 is 0 Å². The van der Waals surface area contributed by atoms with E-state index in [0.717, 1.165) is 11.3 Å². The van der Waals surface area contributed by atoms with Crippen LogP contribution in [0.3, 0.4) is 0 Å². The molecule has 0 unspecified atom stereocenters. The highest BCUT2D eigenvalue weighted by Gasteiger charge is 2.31. The number of aromatic nitrogens is 2. The summed E-state index contributed by atoms with van der Waals surface area (Å²) in [5, 5.41) is 3.52. The van der Waals surface area contributed by atoms with Crippen LogP contribution in [0, 0.1) is 5.92 Å². The number of rotatable bonds is 4. The molecule has 6 heteroatoms. The first kappa shape index (κ1) is 19.8. The monoisotopic (exact) mass is 402 g/mol. The van der Waals surface area contributed by atoms with Gasteiger partial charge in [0.2, 0.25) is 0 Å². The fraction of sp³-hybridized carbons (Fsp3) is 0.250. The van der Waals surface area contributed by atoms with Crippen LogP contribution in [0.2, 0.25) is 0 Å². The molecule has 30 heavy (non-hydrogen) atoms. The second kappa shape index (κ2) is 8.06. The third-order valence-electron chi connectivity index (χ3n) is 5.64.